The molecule has 174 valence electrons. The number of amides is 1. The highest BCUT2D eigenvalue weighted by atomic mass is 32.2. The zero-order valence-electron chi connectivity index (χ0n) is 18.8. The normalized spacial score (nSPS) is 15.4. The van der Waals surface area contributed by atoms with Crippen molar-refractivity contribution in [2.45, 2.75) is 23.9 Å². The molecule has 1 unspecified atom stereocenters. The van der Waals surface area contributed by atoms with Crippen molar-refractivity contribution in [3.8, 4) is 11.4 Å². The second kappa shape index (κ2) is 10.2. The van der Waals surface area contributed by atoms with Crippen molar-refractivity contribution in [3.63, 3.8) is 0 Å². The Morgan fingerprint density at radius 3 is 2.56 bits per heavy atom. The molecule has 1 amide bonds. The number of thioether (sulfide) groups is 1. The van der Waals surface area contributed by atoms with Crippen molar-refractivity contribution in [1.29, 1.82) is 0 Å². The molecule has 3 heterocycles. The summed E-state index contributed by atoms with van der Waals surface area (Å²) in [6.07, 6.45) is 1.49. The molecule has 10 heteroatoms. The molecule has 1 saturated heterocycles. The van der Waals surface area contributed by atoms with E-state index < -0.39 is 0 Å². The molecule has 0 bridgehead atoms. The molecule has 1 fully saturated rings. The van der Waals surface area contributed by atoms with E-state index in [0.717, 1.165) is 35.1 Å². The Labute approximate surface area is 201 Å². The number of piperazine rings is 1. The van der Waals surface area contributed by atoms with Gasteiger partial charge in [0.1, 0.15) is 6.33 Å². The van der Waals surface area contributed by atoms with Crippen molar-refractivity contribution in [2.24, 2.45) is 0 Å². The lowest BCUT2D eigenvalue weighted by Gasteiger charge is -2.36. The summed E-state index contributed by atoms with van der Waals surface area (Å²) in [5.74, 6) is 2.02. The summed E-state index contributed by atoms with van der Waals surface area (Å²) in [5, 5.41) is 11.6. The first-order valence-corrected chi connectivity index (χ1v) is 12.2. The van der Waals surface area contributed by atoms with E-state index in [1.165, 1.54) is 6.33 Å². The summed E-state index contributed by atoms with van der Waals surface area (Å²) < 4.78 is 5.54. The number of carbonyl (C=O) groups is 1. The minimum atomic E-state index is -0.0108. The number of carbonyl (C=O) groups excluding carboxylic acids is 1. The Kier molecular flexibility index (Phi) is 6.68. The van der Waals surface area contributed by atoms with Gasteiger partial charge in [-0.15, -0.1) is 0 Å². The third kappa shape index (κ3) is 5.02. The van der Waals surface area contributed by atoms with Crippen LogP contribution >= 0.6 is 11.8 Å². The van der Waals surface area contributed by atoms with Gasteiger partial charge in [0.05, 0.1) is 6.04 Å². The minimum Gasteiger partial charge on any atom is -0.337 e. The Morgan fingerprint density at radius 1 is 1.09 bits per heavy atom. The van der Waals surface area contributed by atoms with Crippen LogP contribution in [0, 0.1) is 0 Å². The van der Waals surface area contributed by atoms with Crippen LogP contribution in [0.2, 0.25) is 0 Å². The first kappa shape index (κ1) is 22.3. The van der Waals surface area contributed by atoms with Gasteiger partial charge < -0.3 is 9.42 Å². The predicted molar refractivity (Wildman–Crippen MR) is 128 cm³/mol. The van der Waals surface area contributed by atoms with Gasteiger partial charge in [-0.25, -0.2) is 4.98 Å². The van der Waals surface area contributed by atoms with E-state index in [1.54, 1.807) is 11.8 Å². The predicted octanol–water partition coefficient (Wildman–Crippen LogP) is 3.67. The molecule has 1 aliphatic rings. The minimum absolute atomic E-state index is 0.0108. The van der Waals surface area contributed by atoms with E-state index in [9.17, 15) is 4.79 Å². The molecule has 1 aliphatic heterocycles. The maximum Gasteiger partial charge on any atom is 0.253 e. The van der Waals surface area contributed by atoms with Crippen molar-refractivity contribution in [1.82, 2.24) is 35.1 Å². The van der Waals surface area contributed by atoms with Gasteiger partial charge in [0, 0.05) is 43.1 Å². The fraction of sp³-hybridized carbons (Fsp3) is 0.292. The average molecular weight is 476 g/mol. The molecular formula is C24H25N7O2S. The number of hydrogen-bond donors (Lipinski definition) is 1. The third-order valence-corrected chi connectivity index (χ3v) is 6.90. The molecule has 9 nitrogen and oxygen atoms in total. The lowest BCUT2D eigenvalue weighted by molar-refractivity contribution is 0.0551. The molecule has 0 aliphatic carbocycles. The summed E-state index contributed by atoms with van der Waals surface area (Å²) in [6.45, 7) is 4.89. The number of nitrogens with zero attached hydrogens (tertiary/aromatic N) is 6. The van der Waals surface area contributed by atoms with Crippen LogP contribution in [0.3, 0.4) is 0 Å². The molecule has 1 atom stereocenters. The molecule has 5 rings (SSSR count). The summed E-state index contributed by atoms with van der Waals surface area (Å²) in [6, 6.07) is 17.6. The van der Waals surface area contributed by atoms with Crippen molar-refractivity contribution in [3.05, 3.63) is 77.9 Å². The summed E-state index contributed by atoms with van der Waals surface area (Å²) in [5.41, 5.74) is 2.77. The van der Waals surface area contributed by atoms with Gasteiger partial charge in [0.25, 0.3) is 5.91 Å². The second-order valence-corrected chi connectivity index (χ2v) is 9.07. The molecule has 0 spiro atoms. The summed E-state index contributed by atoms with van der Waals surface area (Å²) >= 11 is 1.58. The largest absolute Gasteiger partial charge is 0.337 e. The van der Waals surface area contributed by atoms with Crippen molar-refractivity contribution >= 4 is 17.7 Å². The SMILES string of the molecule is CC(c1nc(-c2ccccc2)no1)N1CCN(C(=O)c2ccc(CSc3ncn[nH]3)cc2)CC1. The van der Waals surface area contributed by atoms with Crippen LogP contribution in [0.25, 0.3) is 11.4 Å². The fourth-order valence-electron chi connectivity index (χ4n) is 3.92. The Hall–Kier alpha value is -3.50. The van der Waals surface area contributed by atoms with Crippen LogP contribution in [0.1, 0.15) is 34.8 Å². The second-order valence-electron chi connectivity index (χ2n) is 8.10. The van der Waals surface area contributed by atoms with E-state index in [4.69, 9.17) is 4.52 Å². The van der Waals surface area contributed by atoms with E-state index >= 15 is 0 Å². The maximum absolute atomic E-state index is 13.0. The maximum atomic E-state index is 13.0. The number of benzene rings is 2. The van der Waals surface area contributed by atoms with Crippen LogP contribution in [0.4, 0.5) is 0 Å². The van der Waals surface area contributed by atoms with Gasteiger partial charge in [0.2, 0.25) is 11.7 Å². The van der Waals surface area contributed by atoms with Crippen LogP contribution in [0.15, 0.2) is 70.6 Å². The highest BCUT2D eigenvalue weighted by molar-refractivity contribution is 7.98. The monoisotopic (exact) mass is 475 g/mol. The van der Waals surface area contributed by atoms with Gasteiger partial charge in [-0.3, -0.25) is 14.8 Å². The number of aromatic amines is 1. The van der Waals surface area contributed by atoms with Crippen LogP contribution in [-0.4, -0.2) is 67.2 Å². The molecule has 4 aromatic rings. The van der Waals surface area contributed by atoms with Gasteiger partial charge in [-0.2, -0.15) is 10.1 Å². The highest BCUT2D eigenvalue weighted by Gasteiger charge is 2.28. The van der Waals surface area contributed by atoms with Gasteiger partial charge in [-0.05, 0) is 24.6 Å². The number of nitrogens with one attached hydrogen (secondary N) is 1. The number of hydrogen-bond acceptors (Lipinski definition) is 8. The van der Waals surface area contributed by atoms with Crippen LogP contribution < -0.4 is 0 Å². The first-order chi connectivity index (χ1) is 16.7. The Bertz CT molecular complexity index is 1200. The quantitative estimate of drug-likeness (QED) is 0.404. The fourth-order valence-corrected chi connectivity index (χ4v) is 4.65. The highest BCUT2D eigenvalue weighted by Crippen LogP contribution is 2.24. The summed E-state index contributed by atoms with van der Waals surface area (Å²) in [4.78, 5) is 25.9. The van der Waals surface area contributed by atoms with Gasteiger partial charge >= 0.3 is 0 Å². The van der Waals surface area contributed by atoms with Crippen molar-refractivity contribution < 1.29 is 9.32 Å². The number of aromatic nitrogens is 5. The van der Waals surface area contributed by atoms with E-state index in [0.29, 0.717) is 30.4 Å². The zero-order valence-corrected chi connectivity index (χ0v) is 19.6. The first-order valence-electron chi connectivity index (χ1n) is 11.2. The van der Waals surface area contributed by atoms with E-state index in [1.807, 2.05) is 59.5 Å². The van der Waals surface area contributed by atoms with Crippen LogP contribution in [-0.2, 0) is 5.75 Å². The molecule has 2 aromatic heterocycles. The van der Waals surface area contributed by atoms with Crippen molar-refractivity contribution in [2.75, 3.05) is 26.2 Å². The standard InChI is InChI=1S/C24H25N7O2S/c1-17(22-27-21(29-33-22)19-5-3-2-4-6-19)30-11-13-31(14-12-30)23(32)20-9-7-18(8-10-20)15-34-24-25-16-26-28-24/h2-10,16-17H,11-15H2,1H3,(H,25,26,28). The Morgan fingerprint density at radius 2 is 1.85 bits per heavy atom. The molecule has 0 radical (unpaired) electrons. The molecule has 2 aromatic carbocycles. The molecule has 34 heavy (non-hydrogen) atoms. The lowest BCUT2D eigenvalue weighted by Crippen LogP contribution is -2.49. The molecule has 1 N–H and O–H groups in total. The van der Waals surface area contributed by atoms with Gasteiger partial charge in [0.15, 0.2) is 5.16 Å². The lowest BCUT2D eigenvalue weighted by atomic mass is 10.1. The molecular weight excluding hydrogens is 450 g/mol. The molecule has 0 saturated carbocycles. The summed E-state index contributed by atoms with van der Waals surface area (Å²) in [7, 11) is 0. The third-order valence-electron chi connectivity index (χ3n) is 5.95. The van der Waals surface area contributed by atoms with E-state index in [-0.39, 0.29) is 11.9 Å². The smallest absolute Gasteiger partial charge is 0.253 e. The van der Waals surface area contributed by atoms with Crippen LogP contribution in [0.5, 0.6) is 0 Å². The average Bonchev–Trinajstić information content (AvgIpc) is 3.60. The topological polar surface area (TPSA) is 104 Å². The van der Waals surface area contributed by atoms with Gasteiger partial charge in [-0.1, -0.05) is 59.4 Å². The number of H-pyrrole nitrogens is 1. The Balaban J connectivity index is 1.14. The number of rotatable bonds is 7. The zero-order chi connectivity index (χ0) is 23.3. The van der Waals surface area contributed by atoms with E-state index in [2.05, 4.69) is 37.1 Å².